The van der Waals surface area contributed by atoms with Crippen LogP contribution in [-0.2, 0) is 4.12 Å². The Morgan fingerprint density at radius 2 is 2.10 bits per heavy atom. The number of hydrogen-bond donors (Lipinski definition) is 0. The molecule has 0 aromatic carbocycles. The van der Waals surface area contributed by atoms with Crippen molar-refractivity contribution in [2.45, 2.75) is 24.5 Å². The lowest BCUT2D eigenvalue weighted by molar-refractivity contribution is 0.597. The van der Waals surface area contributed by atoms with E-state index in [0.717, 1.165) is 16.9 Å². The molecule has 1 unspecified atom stereocenters. The maximum absolute atomic E-state index is 6.05. The topological polar surface area (TPSA) is 9.23 Å². The molecular formula is C5H14Cl2OSi2. The molecule has 0 bridgehead atoms. The van der Waals surface area contributed by atoms with Crippen molar-refractivity contribution in [3.05, 3.63) is 0 Å². The first-order valence-corrected chi connectivity index (χ1v) is 8.07. The van der Waals surface area contributed by atoms with Crippen LogP contribution in [0, 0.1) is 0 Å². The molecule has 0 amide bonds. The summed E-state index contributed by atoms with van der Waals surface area (Å²) in [5.41, 5.74) is 0. The largest absolute Gasteiger partial charge is 0.463 e. The third-order valence-corrected chi connectivity index (χ3v) is 9.66. The Hall–Kier alpha value is 0.974. The lowest BCUT2D eigenvalue weighted by Gasteiger charge is -2.25. The molecule has 62 valence electrons. The van der Waals surface area contributed by atoms with Crippen LogP contribution in [0.3, 0.4) is 0 Å². The third-order valence-electron chi connectivity index (χ3n) is 1.64. The van der Waals surface area contributed by atoms with E-state index in [0.29, 0.717) is 5.88 Å². The van der Waals surface area contributed by atoms with E-state index in [9.17, 15) is 0 Å². The molecule has 0 aliphatic heterocycles. The molecule has 0 rings (SSSR count). The van der Waals surface area contributed by atoms with Gasteiger partial charge in [0.25, 0.3) is 0 Å². The Kier molecular flexibility index (Phi) is 5.24. The SMILES string of the molecule is C[Si](C)(O[SiH3])C(Cl)CCCl. The fourth-order valence-electron chi connectivity index (χ4n) is 0.571. The molecule has 0 radical (unpaired) electrons. The van der Waals surface area contributed by atoms with E-state index in [-0.39, 0.29) is 5.00 Å². The maximum atomic E-state index is 6.05. The van der Waals surface area contributed by atoms with E-state index in [2.05, 4.69) is 13.1 Å². The Bertz CT molecular complexity index is 99.6. The van der Waals surface area contributed by atoms with E-state index >= 15 is 0 Å². The van der Waals surface area contributed by atoms with Gasteiger partial charge >= 0.3 is 0 Å². The molecule has 0 aliphatic rings. The highest BCUT2D eigenvalue weighted by atomic mass is 35.5. The van der Waals surface area contributed by atoms with Gasteiger partial charge in [-0.3, -0.25) is 0 Å². The minimum absolute atomic E-state index is 0.169. The minimum Gasteiger partial charge on any atom is -0.463 e. The van der Waals surface area contributed by atoms with Crippen molar-refractivity contribution < 1.29 is 4.12 Å². The lowest BCUT2D eigenvalue weighted by Crippen LogP contribution is -2.41. The van der Waals surface area contributed by atoms with Crippen LogP contribution < -0.4 is 0 Å². The first-order valence-electron chi connectivity index (χ1n) is 3.29. The van der Waals surface area contributed by atoms with Crippen molar-refractivity contribution in [2.75, 3.05) is 5.88 Å². The monoisotopic (exact) mass is 216 g/mol. The molecule has 1 atom stereocenters. The predicted octanol–water partition coefficient (Wildman–Crippen LogP) is 1.26. The van der Waals surface area contributed by atoms with Crippen LogP contribution >= 0.6 is 23.2 Å². The number of halogens is 2. The highest BCUT2D eigenvalue weighted by molar-refractivity contribution is 6.81. The van der Waals surface area contributed by atoms with Crippen LogP contribution in [0.5, 0.6) is 0 Å². The van der Waals surface area contributed by atoms with E-state index in [4.69, 9.17) is 27.3 Å². The Morgan fingerprint density at radius 3 is 2.40 bits per heavy atom. The molecule has 0 aromatic heterocycles. The molecule has 0 fully saturated rings. The number of alkyl halides is 2. The van der Waals surface area contributed by atoms with Gasteiger partial charge < -0.3 is 4.12 Å². The molecule has 10 heavy (non-hydrogen) atoms. The first-order chi connectivity index (χ1) is 4.54. The molecule has 0 heterocycles. The van der Waals surface area contributed by atoms with Crippen LogP contribution in [0.2, 0.25) is 13.1 Å². The van der Waals surface area contributed by atoms with Crippen molar-refractivity contribution in [2.24, 2.45) is 0 Å². The van der Waals surface area contributed by atoms with E-state index in [1.807, 2.05) is 0 Å². The van der Waals surface area contributed by atoms with Crippen LogP contribution in [-0.4, -0.2) is 29.7 Å². The predicted molar refractivity (Wildman–Crippen MR) is 53.5 cm³/mol. The number of hydrogen-bond acceptors (Lipinski definition) is 1. The van der Waals surface area contributed by atoms with Crippen molar-refractivity contribution in [1.29, 1.82) is 0 Å². The summed E-state index contributed by atoms with van der Waals surface area (Å²) in [6, 6.07) is 0. The standard InChI is InChI=1S/C5H14Cl2OSi2/c1-10(2,8-9)5(7)3-4-6/h5H,3-4H2,1-2,9H3. The smallest absolute Gasteiger partial charge is 0.190 e. The summed E-state index contributed by atoms with van der Waals surface area (Å²) < 4.78 is 5.44. The molecule has 1 nitrogen and oxygen atoms in total. The molecule has 0 saturated carbocycles. The normalized spacial score (nSPS) is 15.6. The summed E-state index contributed by atoms with van der Waals surface area (Å²) in [4.78, 5) is 0. The molecule has 5 heteroatoms. The van der Waals surface area contributed by atoms with Crippen molar-refractivity contribution >= 4 is 42.0 Å². The summed E-state index contributed by atoms with van der Waals surface area (Å²) in [6.45, 7) is 4.26. The summed E-state index contributed by atoms with van der Waals surface area (Å²) in [6.07, 6.45) is 0.866. The van der Waals surface area contributed by atoms with Crippen molar-refractivity contribution in [3.63, 3.8) is 0 Å². The van der Waals surface area contributed by atoms with Gasteiger partial charge in [-0.05, 0) is 19.5 Å². The van der Waals surface area contributed by atoms with Crippen LogP contribution in [0.25, 0.3) is 0 Å². The molecule has 0 N–H and O–H groups in total. The second-order valence-corrected chi connectivity index (χ2v) is 9.56. The van der Waals surface area contributed by atoms with Gasteiger partial charge in [-0.25, -0.2) is 0 Å². The highest BCUT2D eigenvalue weighted by Crippen LogP contribution is 2.18. The summed E-state index contributed by atoms with van der Waals surface area (Å²) in [5, 5.41) is 0.169. The molecule has 0 spiro atoms. The zero-order chi connectivity index (χ0) is 8.20. The minimum atomic E-state index is -1.56. The molecule has 0 aromatic rings. The zero-order valence-corrected chi connectivity index (χ0v) is 11.2. The van der Waals surface area contributed by atoms with E-state index < -0.39 is 8.32 Å². The Balaban J connectivity index is 3.78. The van der Waals surface area contributed by atoms with Crippen molar-refractivity contribution in [1.82, 2.24) is 0 Å². The molecule has 0 aliphatic carbocycles. The summed E-state index contributed by atoms with van der Waals surface area (Å²) >= 11 is 11.6. The van der Waals surface area contributed by atoms with Gasteiger partial charge in [0.1, 0.15) is 10.5 Å². The number of rotatable bonds is 4. The summed E-state index contributed by atoms with van der Waals surface area (Å²) in [5.74, 6) is 0.634. The molecule has 0 saturated heterocycles. The highest BCUT2D eigenvalue weighted by Gasteiger charge is 2.29. The third kappa shape index (κ3) is 3.39. The van der Waals surface area contributed by atoms with Gasteiger partial charge in [0.2, 0.25) is 0 Å². The Morgan fingerprint density at radius 1 is 1.60 bits per heavy atom. The average Bonchev–Trinajstić information content (AvgIpc) is 1.89. The average molecular weight is 217 g/mol. The van der Waals surface area contributed by atoms with Gasteiger partial charge in [-0.15, -0.1) is 23.2 Å². The van der Waals surface area contributed by atoms with Crippen LogP contribution in [0.4, 0.5) is 0 Å². The van der Waals surface area contributed by atoms with Gasteiger partial charge in [0.05, 0.1) is 5.00 Å². The van der Waals surface area contributed by atoms with Gasteiger partial charge in [0.15, 0.2) is 8.32 Å². The van der Waals surface area contributed by atoms with Gasteiger partial charge in [-0.2, -0.15) is 0 Å². The zero-order valence-electron chi connectivity index (χ0n) is 6.66. The lowest BCUT2D eigenvalue weighted by atomic mass is 10.6. The second-order valence-electron chi connectivity index (χ2n) is 2.75. The van der Waals surface area contributed by atoms with Crippen LogP contribution in [0.1, 0.15) is 6.42 Å². The first kappa shape index (κ1) is 11.0. The van der Waals surface area contributed by atoms with Gasteiger partial charge in [0, 0.05) is 5.88 Å². The van der Waals surface area contributed by atoms with E-state index in [1.165, 1.54) is 0 Å². The van der Waals surface area contributed by atoms with Gasteiger partial charge in [-0.1, -0.05) is 0 Å². The van der Waals surface area contributed by atoms with Crippen molar-refractivity contribution in [3.8, 4) is 0 Å². The molecular weight excluding hydrogens is 203 g/mol. The fraction of sp³-hybridized carbons (Fsp3) is 1.00. The quantitative estimate of drug-likeness (QED) is 0.509. The fourth-order valence-corrected chi connectivity index (χ4v) is 3.86. The van der Waals surface area contributed by atoms with E-state index in [1.54, 1.807) is 0 Å². The maximum Gasteiger partial charge on any atom is 0.190 e. The summed E-state index contributed by atoms with van der Waals surface area (Å²) in [7, 11) is -0.772. The Labute approximate surface area is 76.7 Å². The van der Waals surface area contributed by atoms with Crippen LogP contribution in [0.15, 0.2) is 0 Å². The second kappa shape index (κ2) is 4.77.